The summed E-state index contributed by atoms with van der Waals surface area (Å²) in [6.07, 6.45) is 2.12. The van der Waals surface area contributed by atoms with Crippen molar-refractivity contribution in [3.05, 3.63) is 29.3 Å². The Morgan fingerprint density at radius 1 is 1.33 bits per heavy atom. The third kappa shape index (κ3) is 5.38. The predicted octanol–water partition coefficient (Wildman–Crippen LogP) is 3.22. The summed E-state index contributed by atoms with van der Waals surface area (Å²) in [6.45, 7) is 6.59. The molecule has 0 unspecified atom stereocenters. The van der Waals surface area contributed by atoms with E-state index in [4.69, 9.17) is 9.84 Å². The molecule has 1 amide bonds. The first kappa shape index (κ1) is 18.0. The Bertz CT molecular complexity index is 715. The molecule has 2 aromatic heterocycles. The van der Waals surface area contributed by atoms with Crippen molar-refractivity contribution in [1.82, 2.24) is 15.1 Å². The molecule has 0 fully saturated rings. The molecule has 2 heterocycles. The summed E-state index contributed by atoms with van der Waals surface area (Å²) in [5.74, 6) is -0.932. The van der Waals surface area contributed by atoms with E-state index in [1.165, 1.54) is 11.3 Å². The third-order valence-electron chi connectivity index (χ3n) is 2.94. The van der Waals surface area contributed by atoms with Crippen LogP contribution in [0.4, 0.5) is 4.79 Å². The first-order chi connectivity index (χ1) is 11.2. The minimum Gasteiger partial charge on any atom is -0.477 e. The zero-order chi connectivity index (χ0) is 17.7. The predicted molar refractivity (Wildman–Crippen MR) is 91.4 cm³/mol. The Kier molecular flexibility index (Phi) is 5.61. The van der Waals surface area contributed by atoms with Crippen molar-refractivity contribution in [1.29, 1.82) is 0 Å². The summed E-state index contributed by atoms with van der Waals surface area (Å²) in [5, 5.41) is 16.1. The van der Waals surface area contributed by atoms with Gasteiger partial charge in [-0.1, -0.05) is 0 Å². The minimum absolute atomic E-state index is 0.293. The molecule has 24 heavy (non-hydrogen) atoms. The average molecular weight is 351 g/mol. The number of nitrogens with zero attached hydrogens (tertiary/aromatic N) is 2. The Morgan fingerprint density at radius 3 is 2.71 bits per heavy atom. The monoisotopic (exact) mass is 351 g/mol. The number of rotatable bonds is 6. The molecule has 8 heteroatoms. The highest BCUT2D eigenvalue weighted by Crippen LogP contribution is 2.26. The van der Waals surface area contributed by atoms with E-state index in [-0.39, 0.29) is 0 Å². The molecular weight excluding hydrogens is 330 g/mol. The van der Waals surface area contributed by atoms with Crippen molar-refractivity contribution in [2.24, 2.45) is 0 Å². The zero-order valence-corrected chi connectivity index (χ0v) is 14.7. The van der Waals surface area contributed by atoms with E-state index in [1.807, 2.05) is 33.0 Å². The lowest BCUT2D eigenvalue weighted by molar-refractivity contribution is 0.0526. The molecule has 130 valence electrons. The van der Waals surface area contributed by atoms with Crippen molar-refractivity contribution in [2.75, 3.05) is 6.54 Å². The lowest BCUT2D eigenvalue weighted by Crippen LogP contribution is -2.33. The Labute approximate surface area is 144 Å². The van der Waals surface area contributed by atoms with E-state index in [2.05, 4.69) is 10.4 Å². The van der Waals surface area contributed by atoms with E-state index in [0.717, 1.165) is 10.6 Å². The largest absolute Gasteiger partial charge is 0.477 e. The van der Waals surface area contributed by atoms with Crippen molar-refractivity contribution in [2.45, 2.75) is 39.3 Å². The van der Waals surface area contributed by atoms with Crippen LogP contribution in [-0.4, -0.2) is 39.1 Å². The molecule has 7 nitrogen and oxygen atoms in total. The number of thiophene rings is 1. The number of carbonyl (C=O) groups is 2. The summed E-state index contributed by atoms with van der Waals surface area (Å²) < 4.78 is 6.92. The number of ether oxygens (including phenoxy) is 1. The normalized spacial score (nSPS) is 11.3. The molecule has 0 saturated carbocycles. The van der Waals surface area contributed by atoms with Crippen LogP contribution in [-0.2, 0) is 11.3 Å². The maximum Gasteiger partial charge on any atom is 0.407 e. The van der Waals surface area contributed by atoms with Crippen LogP contribution in [0.25, 0.3) is 10.6 Å². The number of carbonyl (C=O) groups excluding carboxylic acids is 1. The standard InChI is InChI=1S/C16H21N3O4S/c1-16(2,3)23-15(22)17-8-4-9-19-10-7-11(18-19)12-5-6-13(24-12)14(20)21/h5-7,10H,4,8-9H2,1-3H3,(H,17,22)(H,20,21). The van der Waals surface area contributed by atoms with Crippen LogP contribution in [0.2, 0.25) is 0 Å². The van der Waals surface area contributed by atoms with Gasteiger partial charge in [-0.3, -0.25) is 4.68 Å². The summed E-state index contributed by atoms with van der Waals surface area (Å²) in [6, 6.07) is 5.18. The van der Waals surface area contributed by atoms with Crippen LogP contribution >= 0.6 is 11.3 Å². The third-order valence-corrected chi connectivity index (χ3v) is 4.04. The second kappa shape index (κ2) is 7.48. The highest BCUT2D eigenvalue weighted by Gasteiger charge is 2.15. The maximum absolute atomic E-state index is 11.5. The number of carboxylic acid groups (broad SMARTS) is 1. The van der Waals surface area contributed by atoms with E-state index >= 15 is 0 Å². The van der Waals surface area contributed by atoms with E-state index in [1.54, 1.807) is 16.8 Å². The van der Waals surface area contributed by atoms with Gasteiger partial charge in [0.25, 0.3) is 0 Å². The molecule has 0 aliphatic rings. The van der Waals surface area contributed by atoms with Gasteiger partial charge in [0.05, 0.1) is 4.88 Å². The van der Waals surface area contributed by atoms with E-state index in [0.29, 0.717) is 24.4 Å². The van der Waals surface area contributed by atoms with Crippen molar-refractivity contribution in [3.8, 4) is 10.6 Å². The van der Waals surface area contributed by atoms with Gasteiger partial charge in [0.15, 0.2) is 0 Å². The van der Waals surface area contributed by atoms with Crippen LogP contribution in [0.15, 0.2) is 24.4 Å². The molecule has 0 aliphatic carbocycles. The van der Waals surface area contributed by atoms with Crippen LogP contribution in [0.3, 0.4) is 0 Å². The van der Waals surface area contributed by atoms with E-state index in [9.17, 15) is 9.59 Å². The molecule has 2 aromatic rings. The van der Waals surface area contributed by atoms with Gasteiger partial charge < -0.3 is 15.2 Å². The number of aromatic carboxylic acids is 1. The van der Waals surface area contributed by atoms with Crippen molar-refractivity contribution in [3.63, 3.8) is 0 Å². The summed E-state index contributed by atoms with van der Waals surface area (Å²) in [5.41, 5.74) is 0.240. The first-order valence-corrected chi connectivity index (χ1v) is 8.40. The molecule has 0 bridgehead atoms. The van der Waals surface area contributed by atoms with Gasteiger partial charge in [-0.2, -0.15) is 5.10 Å². The molecule has 0 radical (unpaired) electrons. The molecule has 0 atom stereocenters. The van der Waals surface area contributed by atoms with Gasteiger partial charge >= 0.3 is 12.1 Å². The number of aromatic nitrogens is 2. The number of nitrogens with one attached hydrogen (secondary N) is 1. The topological polar surface area (TPSA) is 93.5 Å². The lowest BCUT2D eigenvalue weighted by atomic mass is 10.2. The van der Waals surface area contributed by atoms with Crippen LogP contribution < -0.4 is 5.32 Å². The van der Waals surface area contributed by atoms with E-state index < -0.39 is 17.7 Å². The number of alkyl carbamates (subject to hydrolysis) is 1. The Morgan fingerprint density at radius 2 is 2.08 bits per heavy atom. The fourth-order valence-electron chi connectivity index (χ4n) is 1.95. The number of hydrogen-bond donors (Lipinski definition) is 2. The minimum atomic E-state index is -0.932. The average Bonchev–Trinajstić information content (AvgIpc) is 3.10. The number of carboxylic acids is 1. The second-order valence-corrected chi connectivity index (χ2v) is 7.30. The number of aryl methyl sites for hydroxylation is 1. The molecule has 0 aromatic carbocycles. The fourth-order valence-corrected chi connectivity index (χ4v) is 2.76. The summed E-state index contributed by atoms with van der Waals surface area (Å²) in [4.78, 5) is 23.5. The number of amides is 1. The molecule has 0 saturated heterocycles. The highest BCUT2D eigenvalue weighted by molar-refractivity contribution is 7.17. The lowest BCUT2D eigenvalue weighted by Gasteiger charge is -2.19. The summed E-state index contributed by atoms with van der Waals surface area (Å²) >= 11 is 1.20. The van der Waals surface area contributed by atoms with Crippen molar-refractivity contribution >= 4 is 23.4 Å². The van der Waals surface area contributed by atoms with Crippen molar-refractivity contribution < 1.29 is 19.4 Å². The molecular formula is C16H21N3O4S. The van der Waals surface area contributed by atoms with Crippen LogP contribution in [0.1, 0.15) is 36.9 Å². The highest BCUT2D eigenvalue weighted by atomic mass is 32.1. The first-order valence-electron chi connectivity index (χ1n) is 7.58. The zero-order valence-electron chi connectivity index (χ0n) is 13.9. The van der Waals surface area contributed by atoms with Crippen LogP contribution in [0.5, 0.6) is 0 Å². The smallest absolute Gasteiger partial charge is 0.407 e. The fraction of sp³-hybridized carbons (Fsp3) is 0.438. The maximum atomic E-state index is 11.5. The summed E-state index contributed by atoms with van der Waals surface area (Å²) in [7, 11) is 0. The molecule has 2 rings (SSSR count). The second-order valence-electron chi connectivity index (χ2n) is 6.22. The molecule has 0 spiro atoms. The van der Waals surface area contributed by atoms with Gasteiger partial charge in [-0.15, -0.1) is 11.3 Å². The van der Waals surface area contributed by atoms with Gasteiger partial charge in [0.2, 0.25) is 0 Å². The molecule has 0 aliphatic heterocycles. The van der Waals surface area contributed by atoms with Gasteiger partial charge in [0.1, 0.15) is 16.2 Å². The van der Waals surface area contributed by atoms with Gasteiger partial charge in [-0.05, 0) is 45.4 Å². The van der Waals surface area contributed by atoms with Gasteiger partial charge in [0, 0.05) is 19.3 Å². The quantitative estimate of drug-likeness (QED) is 0.779. The van der Waals surface area contributed by atoms with Crippen LogP contribution in [0, 0.1) is 0 Å². The SMILES string of the molecule is CC(C)(C)OC(=O)NCCCn1ccc(-c2ccc(C(=O)O)s2)n1. The molecule has 2 N–H and O–H groups in total. The van der Waals surface area contributed by atoms with Gasteiger partial charge in [-0.25, -0.2) is 9.59 Å². The Hall–Kier alpha value is -2.35. The number of hydrogen-bond acceptors (Lipinski definition) is 5. The Balaban J connectivity index is 1.79.